The number of nitrogens with two attached hydrogens (primary N) is 1. The van der Waals surface area contributed by atoms with E-state index in [0.717, 1.165) is 29.9 Å². The maximum absolute atomic E-state index is 11.8. The van der Waals surface area contributed by atoms with Gasteiger partial charge in [0, 0.05) is 36.1 Å². The van der Waals surface area contributed by atoms with Crippen LogP contribution in [0.4, 0.5) is 0 Å². The number of rotatable bonds is 7. The van der Waals surface area contributed by atoms with Gasteiger partial charge in [0.2, 0.25) is 5.91 Å². The Kier molecular flexibility index (Phi) is 8.08. The highest BCUT2D eigenvalue weighted by molar-refractivity contribution is 7.07. The molecule has 20 heavy (non-hydrogen) atoms. The molecule has 1 amide bonds. The minimum atomic E-state index is -0.329. The predicted molar refractivity (Wildman–Crippen MR) is 85.7 cm³/mol. The smallest absolute Gasteiger partial charge is 0.307 e. The zero-order chi connectivity index (χ0) is 14.5. The molecule has 0 atom stereocenters. The van der Waals surface area contributed by atoms with Gasteiger partial charge in [0.15, 0.2) is 0 Å². The van der Waals surface area contributed by atoms with Crippen molar-refractivity contribution in [2.24, 2.45) is 5.73 Å². The summed E-state index contributed by atoms with van der Waals surface area (Å²) in [6, 6.07) is 0. The van der Waals surface area contributed by atoms with Crippen LogP contribution >= 0.6 is 23.7 Å². The number of amides is 1. The van der Waals surface area contributed by atoms with Crippen molar-refractivity contribution in [2.45, 2.75) is 52.1 Å². The summed E-state index contributed by atoms with van der Waals surface area (Å²) in [5, 5.41) is 4.66. The first-order valence-electron chi connectivity index (χ1n) is 6.62. The summed E-state index contributed by atoms with van der Waals surface area (Å²) >= 11 is 1.16. The van der Waals surface area contributed by atoms with Crippen LogP contribution in [0.15, 0.2) is 10.2 Å². The van der Waals surface area contributed by atoms with Crippen LogP contribution in [0.25, 0.3) is 0 Å². The van der Waals surface area contributed by atoms with Crippen molar-refractivity contribution < 1.29 is 4.79 Å². The fraction of sp³-hybridized carbons (Fsp3) is 0.692. The number of thiazole rings is 1. The molecule has 5 nitrogen and oxygen atoms in total. The van der Waals surface area contributed by atoms with E-state index in [1.54, 1.807) is 9.95 Å². The Hall–Kier alpha value is -0.850. The molecular weight excluding hydrogens is 298 g/mol. The summed E-state index contributed by atoms with van der Waals surface area (Å²) in [5.74, 6) is -0.0609. The average Bonchev–Trinajstić information content (AvgIpc) is 2.73. The normalized spacial score (nSPS) is 11.0. The van der Waals surface area contributed by atoms with Crippen LogP contribution < -0.4 is 15.9 Å². The Morgan fingerprint density at radius 3 is 2.50 bits per heavy atom. The number of aromatic nitrogens is 1. The van der Waals surface area contributed by atoms with Gasteiger partial charge in [-0.15, -0.1) is 12.4 Å². The maximum atomic E-state index is 11.8. The standard InChI is InChI=1S/C13H23N3O2S.ClH/c1-4-13(14,5-2)9-15-11(17)6-7-16-10(3)8-19-12(16)18;/h8H,4-7,9,14H2,1-3H3,(H,15,17);1H. The summed E-state index contributed by atoms with van der Waals surface area (Å²) < 4.78 is 1.62. The van der Waals surface area contributed by atoms with Crippen molar-refractivity contribution in [2.75, 3.05) is 6.54 Å². The first kappa shape index (κ1) is 19.1. The van der Waals surface area contributed by atoms with Gasteiger partial charge < -0.3 is 15.6 Å². The Morgan fingerprint density at radius 2 is 2.05 bits per heavy atom. The molecule has 0 unspecified atom stereocenters. The number of hydrogen-bond acceptors (Lipinski definition) is 4. The lowest BCUT2D eigenvalue weighted by Gasteiger charge is -2.26. The van der Waals surface area contributed by atoms with E-state index in [0.29, 0.717) is 19.5 Å². The summed E-state index contributed by atoms with van der Waals surface area (Å²) in [7, 11) is 0. The lowest BCUT2D eigenvalue weighted by Crippen LogP contribution is -2.49. The van der Waals surface area contributed by atoms with Gasteiger partial charge in [-0.05, 0) is 19.8 Å². The molecule has 7 heteroatoms. The average molecular weight is 322 g/mol. The van der Waals surface area contributed by atoms with E-state index in [-0.39, 0.29) is 28.7 Å². The van der Waals surface area contributed by atoms with Crippen LogP contribution in [0.3, 0.4) is 0 Å². The van der Waals surface area contributed by atoms with Crippen LogP contribution in [-0.2, 0) is 11.3 Å². The molecule has 0 radical (unpaired) electrons. The van der Waals surface area contributed by atoms with E-state index in [9.17, 15) is 9.59 Å². The van der Waals surface area contributed by atoms with Crippen molar-refractivity contribution in [3.8, 4) is 0 Å². The second-order valence-corrected chi connectivity index (χ2v) is 5.71. The third kappa shape index (κ3) is 5.26. The van der Waals surface area contributed by atoms with Gasteiger partial charge in [0.1, 0.15) is 0 Å². The molecule has 1 heterocycles. The molecule has 0 fully saturated rings. The predicted octanol–water partition coefficient (Wildman–Crippen LogP) is 1.66. The summed E-state index contributed by atoms with van der Waals surface area (Å²) in [4.78, 5) is 23.2. The third-order valence-corrected chi connectivity index (χ3v) is 4.47. The summed E-state index contributed by atoms with van der Waals surface area (Å²) in [6.07, 6.45) is 1.96. The number of carbonyl (C=O) groups is 1. The molecule has 1 aromatic heterocycles. The molecule has 0 aliphatic carbocycles. The Balaban J connectivity index is 0.00000361. The fourth-order valence-electron chi connectivity index (χ4n) is 1.75. The van der Waals surface area contributed by atoms with Gasteiger partial charge in [-0.3, -0.25) is 9.59 Å². The van der Waals surface area contributed by atoms with Crippen molar-refractivity contribution >= 4 is 29.7 Å². The van der Waals surface area contributed by atoms with E-state index >= 15 is 0 Å². The van der Waals surface area contributed by atoms with E-state index < -0.39 is 0 Å². The maximum Gasteiger partial charge on any atom is 0.307 e. The molecule has 1 rings (SSSR count). The second kappa shape index (κ2) is 8.44. The molecule has 3 N–H and O–H groups in total. The first-order valence-corrected chi connectivity index (χ1v) is 7.50. The molecule has 0 spiro atoms. The van der Waals surface area contributed by atoms with Crippen LogP contribution in [0.5, 0.6) is 0 Å². The Morgan fingerprint density at radius 1 is 1.45 bits per heavy atom. The molecule has 116 valence electrons. The molecule has 0 saturated heterocycles. The third-order valence-electron chi connectivity index (χ3n) is 3.58. The fourth-order valence-corrected chi connectivity index (χ4v) is 2.51. The highest BCUT2D eigenvalue weighted by Crippen LogP contribution is 2.09. The van der Waals surface area contributed by atoms with Gasteiger partial charge in [0.05, 0.1) is 0 Å². The zero-order valence-corrected chi connectivity index (χ0v) is 13.9. The monoisotopic (exact) mass is 321 g/mol. The zero-order valence-electron chi connectivity index (χ0n) is 12.3. The topological polar surface area (TPSA) is 77.1 Å². The van der Waals surface area contributed by atoms with Gasteiger partial charge in [-0.2, -0.15) is 0 Å². The number of halogens is 1. The number of aryl methyl sites for hydroxylation is 1. The molecule has 0 aliphatic heterocycles. The minimum absolute atomic E-state index is 0. The molecule has 0 saturated carbocycles. The molecule has 0 aromatic carbocycles. The van der Waals surface area contributed by atoms with Gasteiger partial charge in [-0.1, -0.05) is 25.2 Å². The lowest BCUT2D eigenvalue weighted by molar-refractivity contribution is -0.121. The van der Waals surface area contributed by atoms with Crippen LogP contribution in [0.2, 0.25) is 0 Å². The van der Waals surface area contributed by atoms with Crippen LogP contribution in [0, 0.1) is 6.92 Å². The molecular formula is C13H24ClN3O2S. The number of hydrogen-bond donors (Lipinski definition) is 2. The first-order chi connectivity index (χ1) is 8.91. The number of nitrogens with zero attached hydrogens (tertiary/aromatic N) is 1. The highest BCUT2D eigenvalue weighted by Gasteiger charge is 2.20. The molecule has 1 aromatic rings. The summed E-state index contributed by atoms with van der Waals surface area (Å²) in [6.45, 7) is 6.81. The van der Waals surface area contributed by atoms with Gasteiger partial charge >= 0.3 is 4.87 Å². The minimum Gasteiger partial charge on any atom is -0.354 e. The van der Waals surface area contributed by atoms with Crippen molar-refractivity contribution in [1.82, 2.24) is 9.88 Å². The Labute approximate surface area is 130 Å². The van der Waals surface area contributed by atoms with Crippen molar-refractivity contribution in [3.05, 3.63) is 20.7 Å². The van der Waals surface area contributed by atoms with Crippen LogP contribution in [0.1, 0.15) is 38.8 Å². The van der Waals surface area contributed by atoms with E-state index in [1.165, 1.54) is 0 Å². The second-order valence-electron chi connectivity index (χ2n) is 4.89. The van der Waals surface area contributed by atoms with E-state index in [1.807, 2.05) is 20.8 Å². The van der Waals surface area contributed by atoms with Gasteiger partial charge in [0.25, 0.3) is 0 Å². The van der Waals surface area contributed by atoms with E-state index in [4.69, 9.17) is 5.73 Å². The number of carbonyl (C=O) groups excluding carboxylic acids is 1. The van der Waals surface area contributed by atoms with E-state index in [2.05, 4.69) is 5.32 Å². The van der Waals surface area contributed by atoms with Crippen molar-refractivity contribution in [3.63, 3.8) is 0 Å². The largest absolute Gasteiger partial charge is 0.354 e. The Bertz CT molecular complexity index is 480. The molecule has 0 bridgehead atoms. The molecule has 0 aliphatic rings. The highest BCUT2D eigenvalue weighted by atomic mass is 35.5. The quantitative estimate of drug-likeness (QED) is 0.802. The number of nitrogens with one attached hydrogen (secondary N) is 1. The summed E-state index contributed by atoms with van der Waals surface area (Å²) in [5.41, 5.74) is 6.69. The lowest BCUT2D eigenvalue weighted by atomic mass is 9.94. The van der Waals surface area contributed by atoms with Crippen LogP contribution in [-0.4, -0.2) is 22.6 Å². The van der Waals surface area contributed by atoms with Crippen molar-refractivity contribution in [1.29, 1.82) is 0 Å². The SMILES string of the molecule is CCC(N)(CC)CNC(=O)CCn1c(C)csc1=O.Cl. The van der Waals surface area contributed by atoms with Gasteiger partial charge in [-0.25, -0.2) is 0 Å².